The number of ketones is 1. The average Bonchev–Trinajstić information content (AvgIpc) is 2.83. The Morgan fingerprint density at radius 3 is 1.28 bits per heavy atom. The van der Waals surface area contributed by atoms with Crippen LogP contribution in [-0.4, -0.2) is 5.78 Å². The van der Waals surface area contributed by atoms with Crippen molar-refractivity contribution in [2.75, 3.05) is 0 Å². The van der Waals surface area contributed by atoms with E-state index in [0.717, 1.165) is 12.8 Å². The fourth-order valence-electron chi connectivity index (χ4n) is 3.89. The van der Waals surface area contributed by atoms with Crippen molar-refractivity contribution >= 4 is 5.78 Å². The number of rotatable bonds is 0. The average molecular weight is 244 g/mol. The molecule has 98 valence electrons. The molecule has 18 heavy (non-hydrogen) atoms. The number of carbonyl (C=O) groups excluding carboxylic acids is 1. The van der Waals surface area contributed by atoms with Gasteiger partial charge < -0.3 is 0 Å². The molecule has 0 radical (unpaired) electrons. The summed E-state index contributed by atoms with van der Waals surface area (Å²) < 4.78 is 0. The van der Waals surface area contributed by atoms with Crippen molar-refractivity contribution in [3.05, 3.63) is 22.3 Å². The molecular formula is C17H24O. The van der Waals surface area contributed by atoms with Gasteiger partial charge >= 0.3 is 0 Å². The monoisotopic (exact) mass is 244 g/mol. The normalized spacial score (nSPS) is 26.1. The number of hydrogen-bond donors (Lipinski definition) is 0. The molecule has 3 saturated carbocycles. The Kier molecular flexibility index (Phi) is 3.67. The summed E-state index contributed by atoms with van der Waals surface area (Å²) in [4.78, 5) is 12.6. The molecule has 3 rings (SSSR count). The first-order valence-corrected chi connectivity index (χ1v) is 7.83. The zero-order valence-electron chi connectivity index (χ0n) is 11.4. The Morgan fingerprint density at radius 2 is 0.889 bits per heavy atom. The number of Topliss-reactive ketones (excluding diaryl/α,β-unsaturated/α-hetero) is 1. The van der Waals surface area contributed by atoms with Gasteiger partial charge in [-0.2, -0.15) is 0 Å². The maximum Gasteiger partial charge on any atom is 0.184 e. The first kappa shape index (κ1) is 12.2. The lowest BCUT2D eigenvalue weighted by atomic mass is 9.88. The SMILES string of the molecule is O=C1C(=C2CCCCC2)CCC1=C1CCCCC1. The number of allylic oxidation sites excluding steroid dienone is 4. The molecule has 0 aromatic heterocycles. The zero-order valence-corrected chi connectivity index (χ0v) is 11.4. The van der Waals surface area contributed by atoms with E-state index in [1.807, 2.05) is 0 Å². The Balaban J connectivity index is 1.83. The highest BCUT2D eigenvalue weighted by Gasteiger charge is 2.29. The van der Waals surface area contributed by atoms with Gasteiger partial charge in [-0.05, 0) is 75.4 Å². The zero-order chi connectivity index (χ0) is 12.4. The topological polar surface area (TPSA) is 17.1 Å². The lowest BCUT2D eigenvalue weighted by Crippen LogP contribution is -2.06. The van der Waals surface area contributed by atoms with Crippen LogP contribution >= 0.6 is 0 Å². The Labute approximate surface area is 110 Å². The van der Waals surface area contributed by atoms with E-state index >= 15 is 0 Å². The van der Waals surface area contributed by atoms with Gasteiger partial charge in [-0.1, -0.05) is 24.0 Å². The minimum Gasteiger partial charge on any atom is -0.289 e. The first-order valence-electron chi connectivity index (χ1n) is 7.83. The van der Waals surface area contributed by atoms with Gasteiger partial charge in [0.2, 0.25) is 0 Å². The minimum absolute atomic E-state index is 0.448. The molecule has 3 aliphatic rings. The molecule has 0 amide bonds. The van der Waals surface area contributed by atoms with E-state index < -0.39 is 0 Å². The van der Waals surface area contributed by atoms with Crippen molar-refractivity contribution in [2.45, 2.75) is 77.0 Å². The smallest absolute Gasteiger partial charge is 0.184 e. The van der Waals surface area contributed by atoms with Crippen LogP contribution in [0.5, 0.6) is 0 Å². The summed E-state index contributed by atoms with van der Waals surface area (Å²) in [6, 6.07) is 0. The Morgan fingerprint density at radius 1 is 0.500 bits per heavy atom. The molecule has 0 aromatic rings. The van der Waals surface area contributed by atoms with E-state index in [-0.39, 0.29) is 0 Å². The maximum atomic E-state index is 12.6. The summed E-state index contributed by atoms with van der Waals surface area (Å²) in [5.74, 6) is 0.448. The van der Waals surface area contributed by atoms with E-state index in [0.29, 0.717) is 5.78 Å². The predicted molar refractivity (Wildman–Crippen MR) is 74.5 cm³/mol. The second-order valence-electron chi connectivity index (χ2n) is 6.11. The molecule has 0 spiro atoms. The molecule has 0 bridgehead atoms. The summed E-state index contributed by atoms with van der Waals surface area (Å²) in [7, 11) is 0. The quantitative estimate of drug-likeness (QED) is 0.555. The van der Waals surface area contributed by atoms with Gasteiger partial charge in [0.15, 0.2) is 5.78 Å². The molecule has 1 heteroatoms. The summed E-state index contributed by atoms with van der Waals surface area (Å²) in [5.41, 5.74) is 5.47. The molecule has 0 saturated heterocycles. The molecule has 0 aliphatic heterocycles. The van der Waals surface area contributed by atoms with Crippen molar-refractivity contribution in [3.63, 3.8) is 0 Å². The molecule has 0 N–H and O–H groups in total. The molecule has 0 atom stereocenters. The third-order valence-corrected chi connectivity index (χ3v) is 4.94. The van der Waals surface area contributed by atoms with E-state index in [9.17, 15) is 4.79 Å². The second kappa shape index (κ2) is 5.42. The highest BCUT2D eigenvalue weighted by Crippen LogP contribution is 2.38. The van der Waals surface area contributed by atoms with Crippen molar-refractivity contribution in [3.8, 4) is 0 Å². The van der Waals surface area contributed by atoms with E-state index in [2.05, 4.69) is 0 Å². The van der Waals surface area contributed by atoms with Crippen LogP contribution in [0.2, 0.25) is 0 Å². The van der Waals surface area contributed by atoms with Gasteiger partial charge in [0.05, 0.1) is 0 Å². The van der Waals surface area contributed by atoms with Crippen LogP contribution in [0.4, 0.5) is 0 Å². The highest BCUT2D eigenvalue weighted by atomic mass is 16.1. The van der Waals surface area contributed by atoms with Crippen LogP contribution in [-0.2, 0) is 4.79 Å². The van der Waals surface area contributed by atoms with Crippen molar-refractivity contribution in [1.29, 1.82) is 0 Å². The second-order valence-corrected chi connectivity index (χ2v) is 6.11. The maximum absolute atomic E-state index is 12.6. The van der Waals surface area contributed by atoms with Crippen LogP contribution in [0.3, 0.4) is 0 Å². The van der Waals surface area contributed by atoms with Gasteiger partial charge in [0.1, 0.15) is 0 Å². The summed E-state index contributed by atoms with van der Waals surface area (Å²) in [6.45, 7) is 0. The number of hydrogen-bond acceptors (Lipinski definition) is 1. The van der Waals surface area contributed by atoms with Crippen LogP contribution < -0.4 is 0 Å². The molecule has 0 aromatic carbocycles. The molecule has 3 fully saturated rings. The molecule has 0 heterocycles. The van der Waals surface area contributed by atoms with Crippen molar-refractivity contribution < 1.29 is 4.79 Å². The van der Waals surface area contributed by atoms with Gasteiger partial charge in [0.25, 0.3) is 0 Å². The van der Waals surface area contributed by atoms with E-state index in [4.69, 9.17) is 0 Å². The fourth-order valence-corrected chi connectivity index (χ4v) is 3.89. The lowest BCUT2D eigenvalue weighted by molar-refractivity contribution is -0.111. The van der Waals surface area contributed by atoms with Gasteiger partial charge in [0, 0.05) is 0 Å². The van der Waals surface area contributed by atoms with Gasteiger partial charge in [-0.3, -0.25) is 4.79 Å². The summed E-state index contributed by atoms with van der Waals surface area (Å²) >= 11 is 0. The fraction of sp³-hybridized carbons (Fsp3) is 0.706. The summed E-state index contributed by atoms with van der Waals surface area (Å²) in [5, 5.41) is 0. The Bertz CT molecular complexity index is 357. The molecule has 0 unspecified atom stereocenters. The number of carbonyl (C=O) groups is 1. The molecular weight excluding hydrogens is 220 g/mol. The van der Waals surface area contributed by atoms with Crippen LogP contribution in [0.1, 0.15) is 77.0 Å². The third kappa shape index (κ3) is 2.32. The predicted octanol–water partition coefficient (Wildman–Crippen LogP) is 4.87. The van der Waals surface area contributed by atoms with Crippen LogP contribution in [0, 0.1) is 0 Å². The minimum atomic E-state index is 0.448. The molecule has 3 aliphatic carbocycles. The summed E-state index contributed by atoms with van der Waals surface area (Å²) in [6.07, 6.45) is 14.8. The highest BCUT2D eigenvalue weighted by molar-refractivity contribution is 6.11. The van der Waals surface area contributed by atoms with Gasteiger partial charge in [-0.15, -0.1) is 0 Å². The van der Waals surface area contributed by atoms with E-state index in [1.165, 1.54) is 86.5 Å². The third-order valence-electron chi connectivity index (χ3n) is 4.94. The van der Waals surface area contributed by atoms with Crippen LogP contribution in [0.25, 0.3) is 0 Å². The standard InChI is InChI=1S/C17H24O/c18-17-15(13-7-3-1-4-8-13)11-12-16(17)14-9-5-2-6-10-14/h1-12H2. The van der Waals surface area contributed by atoms with Gasteiger partial charge in [-0.25, -0.2) is 0 Å². The largest absolute Gasteiger partial charge is 0.289 e. The first-order chi connectivity index (χ1) is 8.86. The van der Waals surface area contributed by atoms with Crippen molar-refractivity contribution in [1.82, 2.24) is 0 Å². The lowest BCUT2D eigenvalue weighted by Gasteiger charge is -2.17. The molecule has 1 nitrogen and oxygen atoms in total. The van der Waals surface area contributed by atoms with Crippen molar-refractivity contribution in [2.24, 2.45) is 0 Å². The van der Waals surface area contributed by atoms with E-state index in [1.54, 1.807) is 0 Å². The van der Waals surface area contributed by atoms with Crippen LogP contribution in [0.15, 0.2) is 22.3 Å². The Hall–Kier alpha value is -0.850.